The molecule has 2 N–H and O–H groups in total. The summed E-state index contributed by atoms with van der Waals surface area (Å²) in [6, 6.07) is 10.8. The van der Waals surface area contributed by atoms with Crippen molar-refractivity contribution in [1.82, 2.24) is 0 Å². The third kappa shape index (κ3) is 1.54. The van der Waals surface area contributed by atoms with Gasteiger partial charge in [-0.1, -0.05) is 24.3 Å². The van der Waals surface area contributed by atoms with Gasteiger partial charge in [-0.05, 0) is 18.6 Å². The molecule has 0 spiro atoms. The normalized spacial score (nSPS) is 13.1. The van der Waals surface area contributed by atoms with Crippen molar-refractivity contribution in [2.24, 2.45) is 5.73 Å². The first-order chi connectivity index (χ1) is 4.30. The van der Waals surface area contributed by atoms with Gasteiger partial charge in [0, 0.05) is 6.04 Å². The number of rotatable bonds is 1. The molecule has 47 valence electrons. The minimum Gasteiger partial charge on any atom is -0.324 e. The minimum atomic E-state index is 0.139. The van der Waals surface area contributed by atoms with Crippen LogP contribution in [0.4, 0.5) is 0 Å². The second-order valence-corrected chi connectivity index (χ2v) is 2.12. The Morgan fingerprint density at radius 3 is 2.33 bits per heavy atom. The van der Waals surface area contributed by atoms with E-state index in [0.717, 1.165) is 5.56 Å². The van der Waals surface area contributed by atoms with Crippen LogP contribution >= 0.6 is 0 Å². The summed E-state index contributed by atoms with van der Waals surface area (Å²) in [6.45, 7) is 1.97. The van der Waals surface area contributed by atoms with E-state index in [1.54, 1.807) is 0 Å². The highest BCUT2D eigenvalue weighted by Crippen LogP contribution is 2.06. The number of benzene rings is 1. The molecular weight excluding hydrogens is 110 g/mol. The molecule has 0 aliphatic heterocycles. The maximum atomic E-state index is 5.60. The van der Waals surface area contributed by atoms with Crippen molar-refractivity contribution in [3.05, 3.63) is 35.9 Å². The van der Waals surface area contributed by atoms with Crippen LogP contribution < -0.4 is 5.73 Å². The van der Waals surface area contributed by atoms with Crippen molar-refractivity contribution >= 4 is 0 Å². The summed E-state index contributed by atoms with van der Waals surface area (Å²) in [7, 11) is 0. The molecule has 0 heterocycles. The van der Waals surface area contributed by atoms with Crippen LogP contribution in [0, 0.1) is 6.07 Å². The molecule has 0 aliphatic carbocycles. The van der Waals surface area contributed by atoms with E-state index in [2.05, 4.69) is 6.07 Å². The van der Waals surface area contributed by atoms with Gasteiger partial charge >= 0.3 is 0 Å². The van der Waals surface area contributed by atoms with Crippen LogP contribution in [-0.4, -0.2) is 0 Å². The van der Waals surface area contributed by atoms with E-state index in [0.29, 0.717) is 0 Å². The molecule has 1 atom stereocenters. The van der Waals surface area contributed by atoms with Crippen LogP contribution in [0.15, 0.2) is 24.3 Å². The summed E-state index contributed by atoms with van der Waals surface area (Å²) in [6.07, 6.45) is 0. The van der Waals surface area contributed by atoms with Crippen LogP contribution in [0.2, 0.25) is 0 Å². The smallest absolute Gasteiger partial charge is 0.0266 e. The Labute approximate surface area is 55.5 Å². The molecule has 9 heavy (non-hydrogen) atoms. The standard InChI is InChI=1S/C8H10N/c1-7(9)8-5-3-2-4-6-8/h3-7H,9H2,1H3. The lowest BCUT2D eigenvalue weighted by atomic mass is 10.1. The second kappa shape index (κ2) is 2.65. The van der Waals surface area contributed by atoms with Gasteiger partial charge in [-0.15, -0.1) is 0 Å². The molecule has 1 nitrogen and oxygen atoms in total. The molecular formula is C8H10N. The SMILES string of the molecule is CC(N)c1cc[c]cc1. The fourth-order valence-corrected chi connectivity index (χ4v) is 0.703. The highest BCUT2D eigenvalue weighted by Gasteiger charge is 1.93. The average Bonchev–Trinajstić information content (AvgIpc) is 1.90. The average molecular weight is 120 g/mol. The highest BCUT2D eigenvalue weighted by molar-refractivity contribution is 5.16. The van der Waals surface area contributed by atoms with E-state index in [9.17, 15) is 0 Å². The summed E-state index contributed by atoms with van der Waals surface area (Å²) in [5.74, 6) is 0. The zero-order valence-corrected chi connectivity index (χ0v) is 5.46. The number of hydrogen-bond acceptors (Lipinski definition) is 1. The molecule has 1 unspecified atom stereocenters. The minimum absolute atomic E-state index is 0.139. The molecule has 1 radical (unpaired) electrons. The largest absolute Gasteiger partial charge is 0.324 e. The first-order valence-corrected chi connectivity index (χ1v) is 3.02. The zero-order valence-electron chi connectivity index (χ0n) is 5.46. The Kier molecular flexibility index (Phi) is 1.85. The molecule has 0 saturated carbocycles. The Hall–Kier alpha value is -0.820. The van der Waals surface area contributed by atoms with Crippen molar-refractivity contribution in [3.8, 4) is 0 Å². The van der Waals surface area contributed by atoms with Crippen molar-refractivity contribution in [2.45, 2.75) is 13.0 Å². The summed E-state index contributed by atoms with van der Waals surface area (Å²) in [5, 5.41) is 0. The second-order valence-electron chi connectivity index (χ2n) is 2.12. The molecule has 0 aliphatic rings. The summed E-state index contributed by atoms with van der Waals surface area (Å²) < 4.78 is 0. The third-order valence-electron chi connectivity index (χ3n) is 1.27. The van der Waals surface area contributed by atoms with Gasteiger partial charge < -0.3 is 5.73 Å². The lowest BCUT2D eigenvalue weighted by Crippen LogP contribution is -2.03. The van der Waals surface area contributed by atoms with Gasteiger partial charge in [-0.3, -0.25) is 0 Å². The van der Waals surface area contributed by atoms with Gasteiger partial charge in [0.05, 0.1) is 0 Å². The molecule has 1 aromatic carbocycles. The maximum Gasteiger partial charge on any atom is 0.0266 e. The van der Waals surface area contributed by atoms with Crippen LogP contribution in [0.1, 0.15) is 18.5 Å². The third-order valence-corrected chi connectivity index (χ3v) is 1.27. The topological polar surface area (TPSA) is 26.0 Å². The summed E-state index contributed by atoms with van der Waals surface area (Å²) in [4.78, 5) is 0. The fraction of sp³-hybridized carbons (Fsp3) is 0.250. The molecule has 1 aromatic rings. The summed E-state index contributed by atoms with van der Waals surface area (Å²) in [5.41, 5.74) is 6.76. The Bertz CT molecular complexity index is 167. The van der Waals surface area contributed by atoms with Gasteiger partial charge in [-0.2, -0.15) is 0 Å². The van der Waals surface area contributed by atoms with Crippen LogP contribution in [0.5, 0.6) is 0 Å². The van der Waals surface area contributed by atoms with Crippen molar-refractivity contribution in [2.75, 3.05) is 0 Å². The van der Waals surface area contributed by atoms with Gasteiger partial charge in [0.25, 0.3) is 0 Å². The quantitative estimate of drug-likeness (QED) is 0.597. The molecule has 1 heteroatoms. The Morgan fingerprint density at radius 1 is 1.44 bits per heavy atom. The van der Waals surface area contributed by atoms with Crippen LogP contribution in [0.25, 0.3) is 0 Å². The Morgan fingerprint density at radius 2 is 2.00 bits per heavy atom. The van der Waals surface area contributed by atoms with Crippen molar-refractivity contribution < 1.29 is 0 Å². The van der Waals surface area contributed by atoms with Crippen LogP contribution in [-0.2, 0) is 0 Å². The lowest BCUT2D eigenvalue weighted by Gasteiger charge is -2.01. The maximum absolute atomic E-state index is 5.60. The molecule has 0 bridgehead atoms. The van der Waals surface area contributed by atoms with E-state index in [4.69, 9.17) is 5.73 Å². The van der Waals surface area contributed by atoms with E-state index >= 15 is 0 Å². The van der Waals surface area contributed by atoms with Gasteiger partial charge in [0.2, 0.25) is 0 Å². The summed E-state index contributed by atoms with van der Waals surface area (Å²) >= 11 is 0. The van der Waals surface area contributed by atoms with E-state index in [-0.39, 0.29) is 6.04 Å². The van der Waals surface area contributed by atoms with Crippen molar-refractivity contribution in [1.29, 1.82) is 0 Å². The zero-order chi connectivity index (χ0) is 6.69. The highest BCUT2D eigenvalue weighted by atomic mass is 14.6. The predicted molar refractivity (Wildman–Crippen MR) is 37.9 cm³/mol. The lowest BCUT2D eigenvalue weighted by molar-refractivity contribution is 0.818. The fourth-order valence-electron chi connectivity index (χ4n) is 0.703. The monoisotopic (exact) mass is 120 g/mol. The van der Waals surface area contributed by atoms with Gasteiger partial charge in [0.1, 0.15) is 0 Å². The number of nitrogens with two attached hydrogens (primary N) is 1. The van der Waals surface area contributed by atoms with Gasteiger partial charge in [-0.25, -0.2) is 0 Å². The molecule has 1 rings (SSSR count). The molecule has 0 fully saturated rings. The predicted octanol–water partition coefficient (Wildman–Crippen LogP) is 1.51. The van der Waals surface area contributed by atoms with E-state index in [1.807, 2.05) is 31.2 Å². The Balaban J connectivity index is 2.85. The van der Waals surface area contributed by atoms with Gasteiger partial charge in [0.15, 0.2) is 0 Å². The first kappa shape index (κ1) is 6.30. The van der Waals surface area contributed by atoms with Crippen LogP contribution in [0.3, 0.4) is 0 Å². The van der Waals surface area contributed by atoms with E-state index in [1.165, 1.54) is 0 Å². The molecule has 0 amide bonds. The first-order valence-electron chi connectivity index (χ1n) is 3.02. The number of hydrogen-bond donors (Lipinski definition) is 1. The van der Waals surface area contributed by atoms with E-state index < -0.39 is 0 Å². The molecule has 0 aromatic heterocycles. The molecule has 0 saturated heterocycles. The van der Waals surface area contributed by atoms with Crippen molar-refractivity contribution in [3.63, 3.8) is 0 Å².